The van der Waals surface area contributed by atoms with Crippen LogP contribution in [0.2, 0.25) is 0 Å². The normalized spacial score (nSPS) is 20.6. The van der Waals surface area contributed by atoms with Crippen molar-refractivity contribution in [1.82, 2.24) is 0 Å². The number of allylic oxidation sites excluding steroid dienone is 13. The van der Waals surface area contributed by atoms with Crippen LogP contribution in [0.3, 0.4) is 0 Å². The SMILES string of the molecule is CCCCCCCCCC(CCCCCCCC(=O)Oc1c2cc3c4c5c6c7c8c9c(cc%10c%11c%12c%13c%14c%15c%16c%17c(cccc%17c%17ccc%18ccc%19cc1c(c%14c%19c%18c%17%15)c(c25)c%13c6c9%11)=CC(=C%10)C%16%12)C=C1C=CC2=CC=C5C6=CC=CC(=C3)C6C=4C7C5C2C18)[C@@H](C[C@H](C[C@H](C[C@H](C[C@@H](CC)c1ccccc1)c1ccccc1)c1ccccc1)c1ccccc1)c1ccccc1. The Bertz CT molecular complexity index is 8280. The summed E-state index contributed by atoms with van der Waals surface area (Å²) in [5.41, 5.74) is 28.2. The molecule has 18 aromatic carbocycles. The Morgan fingerprint density at radius 1 is 0.341 bits per heavy atom. The van der Waals surface area contributed by atoms with Crippen LogP contribution in [0.1, 0.15) is 256 Å². The van der Waals surface area contributed by atoms with Crippen LogP contribution in [-0.4, -0.2) is 5.97 Å². The third-order valence-electron chi connectivity index (χ3n) is 35.2. The predicted octanol–water partition coefficient (Wildman–Crippen LogP) is 32.6. The summed E-state index contributed by atoms with van der Waals surface area (Å²) in [4.78, 5) is 16.0. The van der Waals surface area contributed by atoms with Crippen LogP contribution in [0, 0.1) is 23.7 Å². The summed E-state index contributed by atoms with van der Waals surface area (Å²) in [5, 5.41) is 36.1. The molecule has 0 heterocycles. The second kappa shape index (κ2) is 28.3. The zero-order valence-corrected chi connectivity index (χ0v) is 73.9. The number of esters is 1. The van der Waals surface area contributed by atoms with Crippen LogP contribution >= 0.6 is 0 Å². The first kappa shape index (κ1) is 74.4. The van der Waals surface area contributed by atoms with Gasteiger partial charge in [-0.3, -0.25) is 4.79 Å². The quantitative estimate of drug-likeness (QED) is 0.0138. The Labute approximate surface area is 753 Å². The maximum absolute atomic E-state index is 16.0. The third-order valence-corrected chi connectivity index (χ3v) is 35.2. The minimum Gasteiger partial charge on any atom is -0.425 e. The number of hydrogen-bond donors (Lipinski definition) is 0. The number of ether oxygens (including phenoxy) is 1. The highest BCUT2D eigenvalue weighted by molar-refractivity contribution is 6.58. The summed E-state index contributed by atoms with van der Waals surface area (Å²) in [6, 6.07) is 82.9. The number of fused-ring (bicyclic) bond motifs is 2. The summed E-state index contributed by atoms with van der Waals surface area (Å²) in [6.45, 7) is 4.74. The molecule has 12 atom stereocenters. The Kier molecular flexibility index (Phi) is 16.3. The van der Waals surface area contributed by atoms with Gasteiger partial charge in [-0.2, -0.15) is 0 Å². The molecule has 0 bridgehead atoms. The van der Waals surface area contributed by atoms with Crippen LogP contribution in [0.15, 0.2) is 288 Å². The highest BCUT2D eigenvalue weighted by atomic mass is 16.5. The van der Waals surface area contributed by atoms with E-state index in [2.05, 4.69) is 293 Å². The van der Waals surface area contributed by atoms with Crippen LogP contribution in [0.4, 0.5) is 0 Å². The average Bonchev–Trinajstić information content (AvgIpc) is 0.620. The number of hydrogen-bond acceptors (Lipinski definition) is 2. The first-order valence-electron chi connectivity index (χ1n) is 49.8. The van der Waals surface area contributed by atoms with E-state index in [1.165, 1.54) is 277 Å². The highest BCUT2D eigenvalue weighted by Gasteiger charge is 2.59. The van der Waals surface area contributed by atoms with Gasteiger partial charge in [-0.1, -0.05) is 345 Å². The monoisotopic (exact) mass is 1660 g/mol. The zero-order chi connectivity index (χ0) is 84.4. The Balaban J connectivity index is 0.540. The van der Waals surface area contributed by atoms with E-state index in [0.717, 1.165) is 74.3 Å². The van der Waals surface area contributed by atoms with E-state index in [1.54, 1.807) is 22.3 Å². The molecule has 2 heteroatoms. The lowest BCUT2D eigenvalue weighted by Crippen LogP contribution is -2.47. The molecular formula is C127H104O2. The second-order valence-corrected chi connectivity index (χ2v) is 41.4. The summed E-state index contributed by atoms with van der Waals surface area (Å²) in [6.07, 6.45) is 50.8. The molecule has 29 rings (SSSR count). The molecule has 7 unspecified atom stereocenters. The first-order valence-corrected chi connectivity index (χ1v) is 49.8. The van der Waals surface area contributed by atoms with Gasteiger partial charge in [0.2, 0.25) is 0 Å². The second-order valence-electron chi connectivity index (χ2n) is 41.4. The van der Waals surface area contributed by atoms with Crippen molar-refractivity contribution in [2.24, 2.45) is 23.7 Å². The first-order chi connectivity index (χ1) is 63.9. The van der Waals surface area contributed by atoms with E-state index in [9.17, 15) is 0 Å². The van der Waals surface area contributed by atoms with Gasteiger partial charge >= 0.3 is 5.97 Å². The number of unbranched alkanes of at least 4 members (excludes halogenated alkanes) is 10. The van der Waals surface area contributed by atoms with E-state index in [4.69, 9.17) is 4.74 Å². The third kappa shape index (κ3) is 10.3. The van der Waals surface area contributed by atoms with Crippen LogP contribution < -0.4 is 15.2 Å². The van der Waals surface area contributed by atoms with Crippen molar-refractivity contribution >= 4 is 165 Å². The fourth-order valence-electron chi connectivity index (χ4n) is 30.3. The molecule has 0 amide bonds. The summed E-state index contributed by atoms with van der Waals surface area (Å²) in [5.74, 6) is 4.50. The van der Waals surface area contributed by atoms with Gasteiger partial charge in [0.05, 0.1) is 0 Å². The summed E-state index contributed by atoms with van der Waals surface area (Å²) in [7, 11) is 0. The van der Waals surface area contributed by atoms with Gasteiger partial charge in [-0.15, -0.1) is 0 Å². The molecule has 1 saturated carbocycles. The average molecular weight is 1660 g/mol. The van der Waals surface area contributed by atoms with Crippen LogP contribution in [0.5, 0.6) is 5.75 Å². The molecule has 0 spiro atoms. The maximum Gasteiger partial charge on any atom is 0.311 e. The van der Waals surface area contributed by atoms with E-state index >= 15 is 4.79 Å². The van der Waals surface area contributed by atoms with Gasteiger partial charge in [-0.05, 0) is 318 Å². The fraction of sp³-hybridized carbons (Fsp3) is 0.268. The molecular weight excluding hydrogens is 1560 g/mol. The predicted molar refractivity (Wildman–Crippen MR) is 543 cm³/mol. The maximum atomic E-state index is 16.0. The molecule has 0 N–H and O–H groups in total. The lowest BCUT2D eigenvalue weighted by atomic mass is 9.45. The molecule has 11 aliphatic rings. The lowest BCUT2D eigenvalue weighted by Gasteiger charge is -2.57. The smallest absolute Gasteiger partial charge is 0.311 e. The molecule has 129 heavy (non-hydrogen) atoms. The number of carbonyl (C=O) groups is 1. The van der Waals surface area contributed by atoms with Crippen molar-refractivity contribution in [3.63, 3.8) is 0 Å². The molecule has 11 aliphatic carbocycles. The minimum atomic E-state index is -0.111. The zero-order valence-electron chi connectivity index (χ0n) is 73.9. The van der Waals surface area contributed by atoms with Crippen molar-refractivity contribution in [2.45, 2.75) is 190 Å². The van der Waals surface area contributed by atoms with Gasteiger partial charge < -0.3 is 4.74 Å². The largest absolute Gasteiger partial charge is 0.425 e. The van der Waals surface area contributed by atoms with Gasteiger partial charge in [0.25, 0.3) is 0 Å². The summed E-state index contributed by atoms with van der Waals surface area (Å²) >= 11 is 0. The topological polar surface area (TPSA) is 26.3 Å². The molecule has 0 saturated heterocycles. The number of rotatable bonds is 32. The number of carbonyl (C=O) groups excluding carboxylic acids is 1. The molecule has 0 aliphatic heterocycles. The van der Waals surface area contributed by atoms with Gasteiger partial charge in [-0.25, -0.2) is 0 Å². The van der Waals surface area contributed by atoms with Gasteiger partial charge in [0.15, 0.2) is 0 Å². The molecule has 2 nitrogen and oxygen atoms in total. The van der Waals surface area contributed by atoms with Crippen molar-refractivity contribution in [3.8, 4) is 5.75 Å². The summed E-state index contributed by atoms with van der Waals surface area (Å²) < 4.78 is 7.62. The molecule has 624 valence electrons. The van der Waals surface area contributed by atoms with Crippen LogP contribution in [0.25, 0.3) is 159 Å². The lowest BCUT2D eigenvalue weighted by molar-refractivity contribution is -0.134. The van der Waals surface area contributed by atoms with E-state index in [-0.39, 0.29) is 29.6 Å². The van der Waals surface area contributed by atoms with Crippen molar-refractivity contribution < 1.29 is 9.53 Å². The van der Waals surface area contributed by atoms with Crippen molar-refractivity contribution in [2.75, 3.05) is 0 Å². The van der Waals surface area contributed by atoms with Gasteiger partial charge in [0, 0.05) is 74.2 Å². The minimum absolute atomic E-state index is 0.0713. The fourth-order valence-corrected chi connectivity index (χ4v) is 30.3. The standard InChI is InChI=1S/C127H104O2/c1-3-5-6-7-8-10-18-41-74(93(75-43-28-17-29-44-75)67-84(73-39-26-16-27-40-73)63-83(72-37-24-15-25-38-72)62-82(71-35-22-14-23-36-71)58-69(4-2)70-33-20-13-21-34-70)42-19-11-9-12-30-49-96(128)129-127-94-66-81-53-51-77-55-57-92-89-47-31-45-78-59-85-64-87-65-86-61-80-52-50-76-54-56-91-90-48-32-46-79-60-88-68-95(127)110-117-106(88)112(98(79)90)119-107(91)99(76)101(80)113-104(86)115-105(87)114-103(85)111(97(78)89)120-108(92)100(77)102(81)116-109(94)118(110)126(122(114)124(116)120)123(115)125(117)121(113)119/h13-17,20-29,31-40,43-48,50-57,59-61,64-66,68-69,74,82-84,93,98-99,101,103,107,119H,3-12,18-19,30,41-42,49,58,62-63,67H2,1-2H3/t69-,74?,82+,83+,84+,93-,98?,99?,101?,103?,107?,119?/m1/s1. The Morgan fingerprint density at radius 3 is 1.58 bits per heavy atom. The van der Waals surface area contributed by atoms with Gasteiger partial charge in [0.1, 0.15) is 5.75 Å². The molecule has 18 aromatic rings. The highest BCUT2D eigenvalue weighted by Crippen LogP contribution is 2.74. The molecule has 0 aromatic heterocycles. The van der Waals surface area contributed by atoms with Crippen LogP contribution in [-0.2, 0) is 4.79 Å². The Hall–Kier alpha value is -12.5. The number of benzene rings is 18. The Morgan fingerprint density at radius 2 is 0.868 bits per heavy atom. The molecule has 0 radical (unpaired) electrons. The van der Waals surface area contributed by atoms with Crippen molar-refractivity contribution in [1.29, 1.82) is 0 Å². The van der Waals surface area contributed by atoms with E-state index in [1.807, 2.05) is 0 Å². The van der Waals surface area contributed by atoms with E-state index in [0.29, 0.717) is 53.8 Å². The van der Waals surface area contributed by atoms with Crippen molar-refractivity contribution in [3.05, 3.63) is 365 Å². The van der Waals surface area contributed by atoms with E-state index < -0.39 is 0 Å². The molecule has 1 fully saturated rings.